The van der Waals surface area contributed by atoms with Crippen molar-refractivity contribution in [1.29, 1.82) is 0 Å². The predicted octanol–water partition coefficient (Wildman–Crippen LogP) is 4.06. The van der Waals surface area contributed by atoms with Gasteiger partial charge in [0, 0.05) is 28.5 Å². The molecule has 5 heteroatoms. The molecular formula is C15H23BrN2OS. The minimum atomic E-state index is 0.0649. The van der Waals surface area contributed by atoms with Crippen LogP contribution in [0.4, 0.5) is 0 Å². The highest BCUT2D eigenvalue weighted by molar-refractivity contribution is 9.10. The molecule has 0 bridgehead atoms. The van der Waals surface area contributed by atoms with Crippen LogP contribution in [0.15, 0.2) is 16.7 Å². The number of amides is 1. The topological polar surface area (TPSA) is 34.0 Å². The van der Waals surface area contributed by atoms with Crippen LogP contribution in [0.5, 0.6) is 0 Å². The lowest BCUT2D eigenvalue weighted by atomic mass is 9.95. The van der Waals surface area contributed by atoms with E-state index < -0.39 is 0 Å². The van der Waals surface area contributed by atoms with Crippen LogP contribution < -0.4 is 5.32 Å². The molecule has 3 nitrogen and oxygen atoms in total. The third-order valence-electron chi connectivity index (χ3n) is 3.88. The molecule has 2 unspecified atom stereocenters. The van der Waals surface area contributed by atoms with E-state index in [-0.39, 0.29) is 5.91 Å². The van der Waals surface area contributed by atoms with Gasteiger partial charge in [-0.05, 0) is 47.5 Å². The van der Waals surface area contributed by atoms with E-state index in [1.165, 1.54) is 19.3 Å². The van der Waals surface area contributed by atoms with Gasteiger partial charge in [-0.3, -0.25) is 4.79 Å². The molecule has 0 radical (unpaired) electrons. The number of halogens is 1. The summed E-state index contributed by atoms with van der Waals surface area (Å²) in [7, 11) is 0. The first kappa shape index (κ1) is 16.0. The summed E-state index contributed by atoms with van der Waals surface area (Å²) in [6, 6.07) is 2.23. The van der Waals surface area contributed by atoms with Crippen molar-refractivity contribution in [3.63, 3.8) is 0 Å². The molecule has 1 saturated carbocycles. The molecule has 112 valence electrons. The van der Waals surface area contributed by atoms with Crippen molar-refractivity contribution < 1.29 is 4.79 Å². The van der Waals surface area contributed by atoms with Crippen molar-refractivity contribution in [1.82, 2.24) is 9.88 Å². The Morgan fingerprint density at radius 1 is 1.50 bits per heavy atom. The second-order valence-corrected chi connectivity index (χ2v) is 7.37. The van der Waals surface area contributed by atoms with E-state index in [1.54, 1.807) is 0 Å². The SMILES string of the molecule is CCCn1cc(Br)cc1C(=O)NC1CCCCC1SC. The van der Waals surface area contributed by atoms with Gasteiger partial charge in [-0.15, -0.1) is 0 Å². The lowest BCUT2D eigenvalue weighted by Crippen LogP contribution is -2.44. The smallest absolute Gasteiger partial charge is 0.268 e. The average molecular weight is 359 g/mol. The highest BCUT2D eigenvalue weighted by atomic mass is 79.9. The number of aromatic nitrogens is 1. The first-order valence-corrected chi connectivity index (χ1v) is 9.43. The maximum absolute atomic E-state index is 12.5. The van der Waals surface area contributed by atoms with Crippen LogP contribution in [0, 0.1) is 0 Å². The molecule has 1 aromatic heterocycles. The quantitative estimate of drug-likeness (QED) is 0.860. The fourth-order valence-corrected chi connectivity index (χ4v) is 4.28. The number of rotatable bonds is 5. The number of aryl methyl sites for hydroxylation is 1. The Morgan fingerprint density at radius 2 is 2.25 bits per heavy atom. The summed E-state index contributed by atoms with van der Waals surface area (Å²) in [4.78, 5) is 12.5. The maximum Gasteiger partial charge on any atom is 0.268 e. The number of carbonyl (C=O) groups is 1. The molecule has 0 saturated heterocycles. The lowest BCUT2D eigenvalue weighted by Gasteiger charge is -2.31. The van der Waals surface area contributed by atoms with Gasteiger partial charge >= 0.3 is 0 Å². The highest BCUT2D eigenvalue weighted by Gasteiger charge is 2.26. The summed E-state index contributed by atoms with van der Waals surface area (Å²) in [5, 5.41) is 3.81. The Hall–Kier alpha value is -0.420. The van der Waals surface area contributed by atoms with E-state index in [1.807, 2.05) is 28.6 Å². The van der Waals surface area contributed by atoms with Gasteiger partial charge in [0.25, 0.3) is 5.91 Å². The van der Waals surface area contributed by atoms with Gasteiger partial charge in [0.05, 0.1) is 0 Å². The van der Waals surface area contributed by atoms with E-state index in [2.05, 4.69) is 34.4 Å². The van der Waals surface area contributed by atoms with Crippen LogP contribution in [-0.4, -0.2) is 28.0 Å². The summed E-state index contributed by atoms with van der Waals surface area (Å²) in [6.07, 6.45) is 9.99. The number of thioether (sulfide) groups is 1. The minimum absolute atomic E-state index is 0.0649. The van der Waals surface area contributed by atoms with Crippen molar-refractivity contribution in [2.24, 2.45) is 0 Å². The van der Waals surface area contributed by atoms with Gasteiger partial charge in [-0.1, -0.05) is 19.8 Å². The second kappa shape index (κ2) is 7.55. The first-order chi connectivity index (χ1) is 9.65. The van der Waals surface area contributed by atoms with Crippen LogP contribution in [0.1, 0.15) is 49.5 Å². The number of nitrogens with zero attached hydrogens (tertiary/aromatic N) is 1. The zero-order valence-electron chi connectivity index (χ0n) is 12.2. The van der Waals surface area contributed by atoms with Crippen LogP contribution in [0.2, 0.25) is 0 Å². The summed E-state index contributed by atoms with van der Waals surface area (Å²) in [5.41, 5.74) is 0.768. The molecule has 2 rings (SSSR count). The van der Waals surface area contributed by atoms with Crippen molar-refractivity contribution >= 4 is 33.6 Å². The molecule has 1 N–H and O–H groups in total. The zero-order chi connectivity index (χ0) is 14.5. The average Bonchev–Trinajstić information content (AvgIpc) is 2.81. The maximum atomic E-state index is 12.5. The van der Waals surface area contributed by atoms with Crippen LogP contribution >= 0.6 is 27.7 Å². The lowest BCUT2D eigenvalue weighted by molar-refractivity contribution is 0.0920. The molecule has 2 atom stereocenters. The third kappa shape index (κ3) is 3.82. The normalized spacial score (nSPS) is 22.8. The molecular weight excluding hydrogens is 336 g/mol. The second-order valence-electron chi connectivity index (χ2n) is 5.38. The Bertz CT molecular complexity index is 461. The largest absolute Gasteiger partial charge is 0.347 e. The Balaban J connectivity index is 2.07. The van der Waals surface area contributed by atoms with Gasteiger partial charge < -0.3 is 9.88 Å². The summed E-state index contributed by atoms with van der Waals surface area (Å²) < 4.78 is 3.01. The molecule has 1 heterocycles. The molecule has 1 aliphatic rings. The predicted molar refractivity (Wildman–Crippen MR) is 89.4 cm³/mol. The fraction of sp³-hybridized carbons (Fsp3) is 0.667. The number of hydrogen-bond acceptors (Lipinski definition) is 2. The Morgan fingerprint density at radius 3 is 2.95 bits per heavy atom. The Kier molecular flexibility index (Phi) is 6.02. The molecule has 0 spiro atoms. The van der Waals surface area contributed by atoms with Crippen LogP contribution in [-0.2, 0) is 6.54 Å². The van der Waals surface area contributed by atoms with E-state index in [0.29, 0.717) is 11.3 Å². The molecule has 0 aliphatic heterocycles. The minimum Gasteiger partial charge on any atom is -0.347 e. The zero-order valence-corrected chi connectivity index (χ0v) is 14.6. The number of carbonyl (C=O) groups excluding carboxylic acids is 1. The molecule has 1 aromatic rings. The van der Waals surface area contributed by atoms with Crippen LogP contribution in [0.25, 0.3) is 0 Å². The Labute approximate surface area is 134 Å². The van der Waals surface area contributed by atoms with Gasteiger partial charge in [0.1, 0.15) is 5.69 Å². The van der Waals surface area contributed by atoms with Gasteiger partial charge in [-0.2, -0.15) is 11.8 Å². The highest BCUT2D eigenvalue weighted by Crippen LogP contribution is 2.27. The summed E-state index contributed by atoms with van der Waals surface area (Å²) in [6.45, 7) is 3.01. The summed E-state index contributed by atoms with van der Waals surface area (Å²) in [5.74, 6) is 0.0649. The molecule has 20 heavy (non-hydrogen) atoms. The van der Waals surface area contributed by atoms with E-state index in [9.17, 15) is 4.79 Å². The van der Waals surface area contributed by atoms with Gasteiger partial charge in [0.2, 0.25) is 0 Å². The third-order valence-corrected chi connectivity index (χ3v) is 5.49. The number of nitrogens with one attached hydrogen (secondary N) is 1. The fourth-order valence-electron chi connectivity index (χ4n) is 2.88. The molecule has 1 aliphatic carbocycles. The first-order valence-electron chi connectivity index (χ1n) is 7.35. The van der Waals surface area contributed by atoms with E-state index in [0.717, 1.165) is 29.6 Å². The van der Waals surface area contributed by atoms with Gasteiger partial charge in [0.15, 0.2) is 0 Å². The van der Waals surface area contributed by atoms with E-state index >= 15 is 0 Å². The molecule has 1 fully saturated rings. The van der Waals surface area contributed by atoms with Crippen molar-refractivity contribution in [2.45, 2.75) is 56.9 Å². The standard InChI is InChI=1S/C15H23BrN2OS/c1-3-8-18-10-11(16)9-13(18)15(19)17-12-6-4-5-7-14(12)20-2/h9-10,12,14H,3-8H2,1-2H3,(H,17,19). The van der Waals surface area contributed by atoms with Crippen molar-refractivity contribution in [2.75, 3.05) is 6.26 Å². The van der Waals surface area contributed by atoms with Crippen molar-refractivity contribution in [3.8, 4) is 0 Å². The molecule has 0 aromatic carbocycles. The summed E-state index contributed by atoms with van der Waals surface area (Å²) >= 11 is 5.35. The monoisotopic (exact) mass is 358 g/mol. The van der Waals surface area contributed by atoms with Crippen molar-refractivity contribution in [3.05, 3.63) is 22.4 Å². The number of hydrogen-bond donors (Lipinski definition) is 1. The van der Waals surface area contributed by atoms with Crippen LogP contribution in [0.3, 0.4) is 0 Å². The van der Waals surface area contributed by atoms with Gasteiger partial charge in [-0.25, -0.2) is 0 Å². The molecule has 1 amide bonds. The van der Waals surface area contributed by atoms with E-state index in [4.69, 9.17) is 0 Å².